The monoisotopic (exact) mass is 270 g/mol. The molecule has 4 heteroatoms. The van der Waals surface area contributed by atoms with Crippen molar-refractivity contribution in [3.8, 4) is 0 Å². The van der Waals surface area contributed by atoms with E-state index in [4.69, 9.17) is 5.84 Å². The highest BCUT2D eigenvalue weighted by molar-refractivity contribution is 5.19. The third-order valence-electron chi connectivity index (χ3n) is 3.69. The van der Waals surface area contributed by atoms with Gasteiger partial charge >= 0.3 is 0 Å². The van der Waals surface area contributed by atoms with E-state index < -0.39 is 11.6 Å². The van der Waals surface area contributed by atoms with Gasteiger partial charge in [-0.15, -0.1) is 0 Å². The quantitative estimate of drug-likeness (QED) is 0.560. The molecule has 1 aromatic carbocycles. The van der Waals surface area contributed by atoms with Crippen LogP contribution >= 0.6 is 0 Å². The molecular weight excluding hydrogens is 246 g/mol. The van der Waals surface area contributed by atoms with Crippen LogP contribution in [0.4, 0.5) is 8.78 Å². The Balaban J connectivity index is 2.73. The zero-order chi connectivity index (χ0) is 14.3. The Morgan fingerprint density at radius 2 is 2.00 bits per heavy atom. The highest BCUT2D eigenvalue weighted by Gasteiger charge is 2.20. The van der Waals surface area contributed by atoms with Crippen molar-refractivity contribution >= 4 is 0 Å². The van der Waals surface area contributed by atoms with Crippen molar-refractivity contribution in [3.05, 3.63) is 35.4 Å². The van der Waals surface area contributed by atoms with Crippen LogP contribution in [-0.2, 0) is 6.42 Å². The van der Waals surface area contributed by atoms with Crippen LogP contribution in [0, 0.1) is 17.6 Å². The zero-order valence-electron chi connectivity index (χ0n) is 11.8. The highest BCUT2D eigenvalue weighted by atomic mass is 19.1. The summed E-state index contributed by atoms with van der Waals surface area (Å²) in [6, 6.07) is 3.74. The minimum Gasteiger partial charge on any atom is -0.271 e. The third kappa shape index (κ3) is 4.88. The number of hydrazine groups is 1. The molecular formula is C15H24F2N2. The van der Waals surface area contributed by atoms with Crippen molar-refractivity contribution < 1.29 is 8.78 Å². The van der Waals surface area contributed by atoms with Gasteiger partial charge < -0.3 is 0 Å². The lowest BCUT2D eigenvalue weighted by Crippen LogP contribution is -2.42. The van der Waals surface area contributed by atoms with Crippen LogP contribution in [0.5, 0.6) is 0 Å². The van der Waals surface area contributed by atoms with Crippen LogP contribution < -0.4 is 11.3 Å². The van der Waals surface area contributed by atoms with E-state index in [1.807, 2.05) is 0 Å². The predicted octanol–water partition coefficient (Wildman–Crippen LogP) is 3.56. The maximum absolute atomic E-state index is 13.7. The smallest absolute Gasteiger partial charge is 0.129 e. The van der Waals surface area contributed by atoms with E-state index in [1.54, 1.807) is 0 Å². The molecule has 2 unspecified atom stereocenters. The van der Waals surface area contributed by atoms with Gasteiger partial charge in [0, 0.05) is 12.1 Å². The Morgan fingerprint density at radius 1 is 1.26 bits per heavy atom. The molecule has 0 spiro atoms. The normalized spacial score (nSPS) is 14.4. The number of benzene rings is 1. The van der Waals surface area contributed by atoms with Crippen molar-refractivity contribution in [2.24, 2.45) is 11.8 Å². The lowest BCUT2D eigenvalue weighted by molar-refractivity contribution is 0.316. The second kappa shape index (κ2) is 8.23. The molecule has 0 fully saturated rings. The molecule has 0 heterocycles. The summed E-state index contributed by atoms with van der Waals surface area (Å²) >= 11 is 0. The fourth-order valence-electron chi connectivity index (χ4n) is 2.44. The lowest BCUT2D eigenvalue weighted by Gasteiger charge is -2.26. The minimum absolute atomic E-state index is 0.0245. The van der Waals surface area contributed by atoms with Gasteiger partial charge in [-0.2, -0.15) is 0 Å². The van der Waals surface area contributed by atoms with E-state index in [0.717, 1.165) is 31.7 Å². The van der Waals surface area contributed by atoms with Gasteiger partial charge in [-0.1, -0.05) is 39.2 Å². The Hall–Kier alpha value is -1.00. The number of nitrogens with two attached hydrogens (primary N) is 1. The van der Waals surface area contributed by atoms with Gasteiger partial charge in [0.1, 0.15) is 11.6 Å². The topological polar surface area (TPSA) is 38.0 Å². The maximum atomic E-state index is 13.7. The number of unbranched alkanes of at least 4 members (excludes halogenated alkanes) is 1. The van der Waals surface area contributed by atoms with Gasteiger partial charge in [-0.3, -0.25) is 11.3 Å². The van der Waals surface area contributed by atoms with Crippen molar-refractivity contribution in [1.29, 1.82) is 0 Å². The highest BCUT2D eigenvalue weighted by Crippen LogP contribution is 2.21. The molecule has 0 radical (unpaired) electrons. The molecule has 3 N–H and O–H groups in total. The zero-order valence-corrected chi connectivity index (χ0v) is 11.8. The molecule has 108 valence electrons. The average Bonchev–Trinajstić information content (AvgIpc) is 2.40. The molecule has 0 amide bonds. The second-order valence-electron chi connectivity index (χ2n) is 5.02. The molecule has 1 rings (SSSR count). The van der Waals surface area contributed by atoms with Gasteiger partial charge in [0.2, 0.25) is 0 Å². The summed E-state index contributed by atoms with van der Waals surface area (Å²) in [5.74, 6) is 4.97. The largest absolute Gasteiger partial charge is 0.271 e. The molecule has 2 atom stereocenters. The van der Waals surface area contributed by atoms with Gasteiger partial charge in [-0.05, 0) is 30.4 Å². The van der Waals surface area contributed by atoms with E-state index in [9.17, 15) is 8.78 Å². The van der Waals surface area contributed by atoms with E-state index >= 15 is 0 Å². The van der Waals surface area contributed by atoms with Crippen LogP contribution in [0.15, 0.2) is 18.2 Å². The first-order valence-electron chi connectivity index (χ1n) is 7.02. The van der Waals surface area contributed by atoms with Gasteiger partial charge in [0.15, 0.2) is 0 Å². The first kappa shape index (κ1) is 16.1. The molecule has 0 aliphatic carbocycles. The number of hydrogen-bond donors (Lipinski definition) is 2. The van der Waals surface area contributed by atoms with Crippen LogP contribution in [-0.4, -0.2) is 6.04 Å². The summed E-state index contributed by atoms with van der Waals surface area (Å²) in [7, 11) is 0. The molecule has 0 bridgehead atoms. The van der Waals surface area contributed by atoms with E-state index in [-0.39, 0.29) is 6.04 Å². The van der Waals surface area contributed by atoms with Crippen LogP contribution in [0.2, 0.25) is 0 Å². The molecule has 19 heavy (non-hydrogen) atoms. The second-order valence-corrected chi connectivity index (χ2v) is 5.02. The number of hydrogen-bond acceptors (Lipinski definition) is 2. The van der Waals surface area contributed by atoms with Crippen LogP contribution in [0.3, 0.4) is 0 Å². The lowest BCUT2D eigenvalue weighted by atomic mass is 9.87. The molecule has 0 aromatic heterocycles. The number of nitrogens with one attached hydrogen (secondary N) is 1. The third-order valence-corrected chi connectivity index (χ3v) is 3.69. The van der Waals surface area contributed by atoms with Gasteiger partial charge in [0.05, 0.1) is 0 Å². The average molecular weight is 270 g/mol. The summed E-state index contributed by atoms with van der Waals surface area (Å²) < 4.78 is 26.5. The maximum Gasteiger partial charge on any atom is 0.129 e. The SMILES string of the molecule is CCCCC(CC)C(Cc1ccc(F)cc1F)NN. The Kier molecular flexibility index (Phi) is 6.95. The summed E-state index contributed by atoms with van der Waals surface area (Å²) in [5.41, 5.74) is 3.31. The van der Waals surface area contributed by atoms with Crippen molar-refractivity contribution in [1.82, 2.24) is 5.43 Å². The number of halogens is 2. The summed E-state index contributed by atoms with van der Waals surface area (Å²) in [4.78, 5) is 0. The van der Waals surface area contributed by atoms with E-state index in [2.05, 4.69) is 19.3 Å². The van der Waals surface area contributed by atoms with E-state index in [0.29, 0.717) is 17.9 Å². The fraction of sp³-hybridized carbons (Fsp3) is 0.600. The Bertz CT molecular complexity index is 382. The Morgan fingerprint density at radius 3 is 2.53 bits per heavy atom. The standard InChI is InChI=1S/C15H24F2N2/c1-3-5-6-11(4-2)15(19-18)9-12-7-8-13(16)10-14(12)17/h7-8,10-11,15,19H,3-6,9,18H2,1-2H3. The molecule has 0 aliphatic rings. The van der Waals surface area contributed by atoms with E-state index in [1.165, 1.54) is 12.1 Å². The predicted molar refractivity (Wildman–Crippen MR) is 74.5 cm³/mol. The Labute approximate surface area is 114 Å². The fourth-order valence-corrected chi connectivity index (χ4v) is 2.44. The molecule has 0 saturated carbocycles. The van der Waals surface area contributed by atoms with Crippen LogP contribution in [0.1, 0.15) is 45.1 Å². The number of rotatable bonds is 8. The molecule has 0 saturated heterocycles. The summed E-state index contributed by atoms with van der Waals surface area (Å²) in [6.45, 7) is 4.27. The van der Waals surface area contributed by atoms with Gasteiger partial charge in [0.25, 0.3) is 0 Å². The molecule has 2 nitrogen and oxygen atoms in total. The minimum atomic E-state index is -0.545. The van der Waals surface area contributed by atoms with Gasteiger partial charge in [-0.25, -0.2) is 8.78 Å². The summed E-state index contributed by atoms with van der Waals surface area (Å²) in [6.07, 6.45) is 4.84. The van der Waals surface area contributed by atoms with Crippen molar-refractivity contribution in [2.45, 2.75) is 52.0 Å². The first-order valence-corrected chi connectivity index (χ1v) is 7.02. The first-order chi connectivity index (χ1) is 9.12. The van der Waals surface area contributed by atoms with Crippen molar-refractivity contribution in [3.63, 3.8) is 0 Å². The summed E-state index contributed by atoms with van der Waals surface area (Å²) in [5, 5.41) is 0. The molecule has 0 aliphatic heterocycles. The van der Waals surface area contributed by atoms with Crippen LogP contribution in [0.25, 0.3) is 0 Å². The molecule has 1 aromatic rings. The van der Waals surface area contributed by atoms with Crippen molar-refractivity contribution in [2.75, 3.05) is 0 Å².